The second-order valence-corrected chi connectivity index (χ2v) is 6.64. The molecule has 0 saturated carbocycles. The van der Waals surface area contributed by atoms with Gasteiger partial charge in [-0.1, -0.05) is 11.6 Å². The van der Waals surface area contributed by atoms with Gasteiger partial charge in [-0.2, -0.15) is 0 Å². The lowest BCUT2D eigenvalue weighted by atomic mass is 10.2. The van der Waals surface area contributed by atoms with Crippen molar-refractivity contribution in [1.29, 1.82) is 5.41 Å². The molecule has 0 aliphatic rings. The molecule has 0 unspecified atom stereocenters. The van der Waals surface area contributed by atoms with Crippen LogP contribution in [0, 0.1) is 11.2 Å². The van der Waals surface area contributed by atoms with Crippen LogP contribution < -0.4 is 4.90 Å². The molecule has 1 rings (SSSR count). The molecule has 1 aromatic heterocycles. The molecule has 0 aliphatic heterocycles. The van der Waals surface area contributed by atoms with E-state index in [0.29, 0.717) is 11.9 Å². The van der Waals surface area contributed by atoms with Crippen LogP contribution in [0.4, 0.5) is 15.0 Å². The highest BCUT2D eigenvalue weighted by molar-refractivity contribution is 5.88. The van der Waals surface area contributed by atoms with Gasteiger partial charge < -0.3 is 9.47 Å². The van der Waals surface area contributed by atoms with E-state index in [9.17, 15) is 14.0 Å². The number of nitrogens with zero attached hydrogens (tertiary/aromatic N) is 2. The number of ether oxygens (including phenoxy) is 2. The molecule has 8 heteroatoms. The van der Waals surface area contributed by atoms with E-state index in [2.05, 4.69) is 4.98 Å². The number of pyridine rings is 1. The molecule has 1 heterocycles. The molecule has 0 radical (unpaired) electrons. The van der Waals surface area contributed by atoms with Crippen molar-refractivity contribution in [3.63, 3.8) is 0 Å². The van der Waals surface area contributed by atoms with Crippen molar-refractivity contribution >= 4 is 24.1 Å². The third kappa shape index (κ3) is 6.62. The number of carbonyl (C=O) groups is 2. The summed E-state index contributed by atoms with van der Waals surface area (Å²) in [7, 11) is 1.40. The van der Waals surface area contributed by atoms with Crippen LogP contribution in [-0.4, -0.2) is 42.5 Å². The lowest BCUT2D eigenvalue weighted by Gasteiger charge is -2.27. The van der Waals surface area contributed by atoms with E-state index in [0.717, 1.165) is 11.0 Å². The van der Waals surface area contributed by atoms with Crippen molar-refractivity contribution in [2.75, 3.05) is 18.6 Å². The van der Waals surface area contributed by atoms with Crippen molar-refractivity contribution in [1.82, 2.24) is 4.98 Å². The fraction of sp³-hybridized carbons (Fsp3) is 0.444. The van der Waals surface area contributed by atoms with Crippen LogP contribution in [0.2, 0.25) is 0 Å². The Kier molecular flexibility index (Phi) is 7.42. The normalized spacial score (nSPS) is 11.7. The van der Waals surface area contributed by atoms with E-state index in [4.69, 9.17) is 14.9 Å². The van der Waals surface area contributed by atoms with Crippen molar-refractivity contribution in [2.24, 2.45) is 0 Å². The zero-order chi connectivity index (χ0) is 19.9. The summed E-state index contributed by atoms with van der Waals surface area (Å²) in [6, 6.07) is 1.01. The molecule has 0 aliphatic carbocycles. The Morgan fingerprint density at radius 1 is 1.42 bits per heavy atom. The quantitative estimate of drug-likeness (QED) is 0.359. The summed E-state index contributed by atoms with van der Waals surface area (Å²) in [6.07, 6.45) is 2.82. The fourth-order valence-electron chi connectivity index (χ4n) is 1.92. The van der Waals surface area contributed by atoms with Gasteiger partial charge in [-0.3, -0.25) is 15.1 Å². The van der Waals surface area contributed by atoms with Crippen LogP contribution in [0.15, 0.2) is 23.9 Å². The van der Waals surface area contributed by atoms with Crippen LogP contribution in [-0.2, 0) is 9.47 Å². The van der Waals surface area contributed by atoms with E-state index in [1.807, 2.05) is 0 Å². The van der Waals surface area contributed by atoms with Crippen LogP contribution in [0.5, 0.6) is 0 Å². The predicted octanol–water partition coefficient (Wildman–Crippen LogP) is 3.73. The number of aldehydes is 1. The van der Waals surface area contributed by atoms with Gasteiger partial charge >= 0.3 is 6.09 Å². The second-order valence-electron chi connectivity index (χ2n) is 6.64. The van der Waals surface area contributed by atoms with Gasteiger partial charge in [0, 0.05) is 18.2 Å². The monoisotopic (exact) mass is 365 g/mol. The van der Waals surface area contributed by atoms with Crippen LogP contribution in [0.1, 0.15) is 44.5 Å². The Hall–Kier alpha value is -2.77. The minimum absolute atomic E-state index is 0.0102. The molecule has 1 N–H and O–H groups in total. The maximum Gasteiger partial charge on any atom is 0.416 e. The van der Waals surface area contributed by atoms with E-state index in [-0.39, 0.29) is 30.2 Å². The summed E-state index contributed by atoms with van der Waals surface area (Å²) in [5, 5.41) is 7.48. The van der Waals surface area contributed by atoms with Crippen molar-refractivity contribution in [3.8, 4) is 0 Å². The Bertz CT molecular complexity index is 711. The lowest BCUT2D eigenvalue weighted by molar-refractivity contribution is 0.0581. The molecule has 0 fully saturated rings. The summed E-state index contributed by atoms with van der Waals surface area (Å²) >= 11 is 0. The number of anilines is 1. The minimum atomic E-state index is -0.808. The summed E-state index contributed by atoms with van der Waals surface area (Å²) < 4.78 is 24.5. The number of rotatable bonds is 6. The van der Waals surface area contributed by atoms with Crippen LogP contribution in [0.3, 0.4) is 0 Å². The first-order chi connectivity index (χ1) is 12.1. The molecule has 0 bridgehead atoms. The number of amides is 1. The predicted molar refractivity (Wildman–Crippen MR) is 96.3 cm³/mol. The molecule has 1 amide bonds. The zero-order valence-corrected chi connectivity index (χ0v) is 15.6. The third-order valence-electron chi connectivity index (χ3n) is 3.14. The second kappa shape index (κ2) is 9.07. The Morgan fingerprint density at radius 3 is 2.58 bits per heavy atom. The van der Waals surface area contributed by atoms with Gasteiger partial charge in [-0.15, -0.1) is 0 Å². The Labute approximate surface area is 152 Å². The van der Waals surface area contributed by atoms with Crippen molar-refractivity contribution in [2.45, 2.75) is 39.7 Å². The number of hydrogen-bond acceptors (Lipinski definition) is 6. The van der Waals surface area contributed by atoms with E-state index in [1.165, 1.54) is 13.3 Å². The molecule has 0 spiro atoms. The molecule has 142 valence electrons. The molecule has 7 nitrogen and oxygen atoms in total. The van der Waals surface area contributed by atoms with Crippen LogP contribution >= 0.6 is 0 Å². The number of halogens is 1. The highest BCUT2D eigenvalue weighted by Crippen LogP contribution is 2.21. The Balaban J connectivity index is 3.16. The third-order valence-corrected chi connectivity index (χ3v) is 3.14. The smallest absolute Gasteiger partial charge is 0.416 e. The van der Waals surface area contributed by atoms with Crippen LogP contribution in [0.25, 0.3) is 0 Å². The summed E-state index contributed by atoms with van der Waals surface area (Å²) in [5.41, 5.74) is -0.0147. The standard InChI is InChI=1S/C18H24FN3O4/c1-12(6-7-15(20)25-5)10-22(17(24)26-18(2,3)4)16-14(19)8-13(11-23)9-21-16/h6,8-9,11,20H,7,10H2,1-5H3/b12-6+,20-15?. The van der Waals surface area contributed by atoms with Gasteiger partial charge in [0.1, 0.15) is 5.60 Å². The number of hydrogen-bond donors (Lipinski definition) is 1. The van der Waals surface area contributed by atoms with Crippen molar-refractivity contribution in [3.05, 3.63) is 35.3 Å². The lowest BCUT2D eigenvalue weighted by Crippen LogP contribution is -2.39. The first-order valence-corrected chi connectivity index (χ1v) is 7.95. The number of methoxy groups -OCH3 is 1. The van der Waals surface area contributed by atoms with E-state index >= 15 is 0 Å². The molecular weight excluding hydrogens is 341 g/mol. The summed E-state index contributed by atoms with van der Waals surface area (Å²) in [6.45, 7) is 6.84. The van der Waals surface area contributed by atoms with E-state index in [1.54, 1.807) is 33.8 Å². The fourth-order valence-corrected chi connectivity index (χ4v) is 1.92. The SMILES string of the molecule is COC(=N)C/C=C(\C)CN(C(=O)OC(C)(C)C)c1ncc(C=O)cc1F. The highest BCUT2D eigenvalue weighted by Gasteiger charge is 2.26. The van der Waals surface area contributed by atoms with Gasteiger partial charge in [0.05, 0.1) is 13.7 Å². The first-order valence-electron chi connectivity index (χ1n) is 7.95. The van der Waals surface area contributed by atoms with E-state index < -0.39 is 17.5 Å². The minimum Gasteiger partial charge on any atom is -0.484 e. The largest absolute Gasteiger partial charge is 0.484 e. The average Bonchev–Trinajstić information content (AvgIpc) is 2.56. The number of aromatic nitrogens is 1. The summed E-state index contributed by atoms with van der Waals surface area (Å²) in [5.74, 6) is -0.981. The average molecular weight is 365 g/mol. The Morgan fingerprint density at radius 2 is 2.08 bits per heavy atom. The number of carbonyl (C=O) groups excluding carboxylic acids is 2. The van der Waals surface area contributed by atoms with Gasteiger partial charge in [0.25, 0.3) is 0 Å². The molecular formula is C18H24FN3O4. The van der Waals surface area contributed by atoms with Crippen molar-refractivity contribution < 1.29 is 23.5 Å². The van der Waals surface area contributed by atoms with Gasteiger partial charge in [0.2, 0.25) is 0 Å². The molecule has 0 saturated heterocycles. The molecule has 1 aromatic rings. The maximum atomic E-state index is 14.4. The number of nitrogens with one attached hydrogen (secondary N) is 1. The first kappa shape index (κ1) is 21.3. The maximum absolute atomic E-state index is 14.4. The van der Waals surface area contributed by atoms with Gasteiger partial charge in [0.15, 0.2) is 23.8 Å². The molecule has 26 heavy (non-hydrogen) atoms. The zero-order valence-electron chi connectivity index (χ0n) is 15.6. The summed E-state index contributed by atoms with van der Waals surface area (Å²) in [4.78, 5) is 28.2. The molecule has 0 aromatic carbocycles. The topological polar surface area (TPSA) is 92.6 Å². The van der Waals surface area contributed by atoms with Gasteiger partial charge in [-0.25, -0.2) is 14.2 Å². The van der Waals surface area contributed by atoms with Gasteiger partial charge in [-0.05, 0) is 33.8 Å². The highest BCUT2D eigenvalue weighted by atomic mass is 19.1. The molecule has 0 atom stereocenters.